The fourth-order valence-corrected chi connectivity index (χ4v) is 2.85. The Morgan fingerprint density at radius 1 is 1.30 bits per heavy atom. The molecule has 128 valence electrons. The summed E-state index contributed by atoms with van der Waals surface area (Å²) in [5, 5.41) is 5.16. The van der Waals surface area contributed by atoms with Crippen LogP contribution >= 0.6 is 11.6 Å². The van der Waals surface area contributed by atoms with E-state index >= 15 is 0 Å². The van der Waals surface area contributed by atoms with Crippen LogP contribution in [0.1, 0.15) is 24.2 Å². The van der Waals surface area contributed by atoms with Crippen molar-refractivity contribution in [1.29, 1.82) is 0 Å². The van der Waals surface area contributed by atoms with Crippen LogP contribution in [0.4, 0.5) is 0 Å². The molecule has 0 aliphatic carbocycles. The summed E-state index contributed by atoms with van der Waals surface area (Å²) < 4.78 is 25.3. The number of carbonyl (C=O) groups is 2. The summed E-state index contributed by atoms with van der Waals surface area (Å²) in [5.74, 6) is -0.960. The van der Waals surface area contributed by atoms with Crippen molar-refractivity contribution in [1.82, 2.24) is 14.9 Å². The second-order valence-corrected chi connectivity index (χ2v) is 7.58. The molecule has 0 saturated heterocycles. The van der Waals surface area contributed by atoms with Crippen molar-refractivity contribution in [3.05, 3.63) is 28.8 Å². The van der Waals surface area contributed by atoms with E-state index in [0.29, 0.717) is 6.54 Å². The lowest BCUT2D eigenvalue weighted by atomic mass is 10.2. The minimum Gasteiger partial charge on any atom is -0.355 e. The maximum Gasteiger partial charge on any atom is 0.253 e. The normalized spacial score (nSPS) is 12.8. The molecule has 0 bridgehead atoms. The molecule has 1 aromatic rings. The van der Waals surface area contributed by atoms with Crippen LogP contribution in [0.2, 0.25) is 5.02 Å². The number of nitrogens with one attached hydrogen (secondary N) is 2. The number of halogens is 1. The molecule has 1 rings (SSSR count). The number of carbonyl (C=O) groups excluding carboxylic acids is 2. The largest absolute Gasteiger partial charge is 0.355 e. The van der Waals surface area contributed by atoms with E-state index in [0.717, 1.165) is 4.31 Å². The minimum absolute atomic E-state index is 0.00857. The fraction of sp³-hybridized carbons (Fsp3) is 0.429. The Kier molecular flexibility index (Phi) is 6.55. The first-order chi connectivity index (χ1) is 10.6. The summed E-state index contributed by atoms with van der Waals surface area (Å²) in [7, 11) is -0.908. The maximum atomic E-state index is 12.2. The summed E-state index contributed by atoms with van der Waals surface area (Å²) >= 11 is 5.98. The molecule has 1 unspecified atom stereocenters. The van der Waals surface area contributed by atoms with E-state index in [1.54, 1.807) is 6.92 Å². The van der Waals surface area contributed by atoms with Crippen LogP contribution in [0.5, 0.6) is 0 Å². The first kappa shape index (κ1) is 19.4. The quantitative estimate of drug-likeness (QED) is 0.785. The highest BCUT2D eigenvalue weighted by atomic mass is 35.5. The molecule has 2 N–H and O–H groups in total. The Labute approximate surface area is 141 Å². The molecule has 0 radical (unpaired) electrons. The molecule has 7 nitrogen and oxygen atoms in total. The molecule has 0 aliphatic rings. The summed E-state index contributed by atoms with van der Waals surface area (Å²) in [4.78, 5) is 23.8. The standard InChI is InChI=1S/C14H20ClN3O4S/c1-5-16-13(19)9(2)17-14(20)11-8-10(6-7-12(11)15)23(21,22)18(3)4/h6-9H,5H2,1-4H3,(H,16,19)(H,17,20). The topological polar surface area (TPSA) is 95.6 Å². The summed E-state index contributed by atoms with van der Waals surface area (Å²) in [6.45, 7) is 3.73. The van der Waals surface area contributed by atoms with Gasteiger partial charge >= 0.3 is 0 Å². The van der Waals surface area contributed by atoms with E-state index in [1.165, 1.54) is 39.2 Å². The van der Waals surface area contributed by atoms with E-state index in [-0.39, 0.29) is 21.4 Å². The zero-order valence-electron chi connectivity index (χ0n) is 13.4. The van der Waals surface area contributed by atoms with E-state index in [9.17, 15) is 18.0 Å². The summed E-state index contributed by atoms with van der Waals surface area (Å²) in [6.07, 6.45) is 0. The SMILES string of the molecule is CCNC(=O)C(C)NC(=O)c1cc(S(=O)(=O)N(C)C)ccc1Cl. The molecule has 1 atom stereocenters. The highest BCUT2D eigenvalue weighted by Crippen LogP contribution is 2.22. The van der Waals surface area contributed by atoms with Crippen molar-refractivity contribution in [2.45, 2.75) is 24.8 Å². The molecular formula is C14H20ClN3O4S. The number of rotatable bonds is 6. The number of benzene rings is 1. The predicted octanol–water partition coefficient (Wildman–Crippen LogP) is 0.845. The Morgan fingerprint density at radius 3 is 2.43 bits per heavy atom. The molecule has 0 aliphatic heterocycles. The number of nitrogens with zero attached hydrogens (tertiary/aromatic N) is 1. The van der Waals surface area contributed by atoms with Gasteiger partial charge in [0.2, 0.25) is 15.9 Å². The molecule has 9 heteroatoms. The molecule has 0 fully saturated rings. The van der Waals surface area contributed by atoms with Gasteiger partial charge in [0.1, 0.15) is 6.04 Å². The van der Waals surface area contributed by atoms with Gasteiger partial charge in [-0.3, -0.25) is 9.59 Å². The molecule has 2 amide bonds. The minimum atomic E-state index is -3.69. The molecule has 0 aromatic heterocycles. The third kappa shape index (κ3) is 4.66. The zero-order chi connectivity index (χ0) is 17.8. The molecule has 23 heavy (non-hydrogen) atoms. The first-order valence-electron chi connectivity index (χ1n) is 6.92. The van der Waals surface area contributed by atoms with Gasteiger partial charge in [0.05, 0.1) is 15.5 Å². The summed E-state index contributed by atoms with van der Waals surface area (Å²) in [6, 6.07) is 3.08. The fourth-order valence-electron chi connectivity index (χ4n) is 1.72. The van der Waals surface area contributed by atoms with Gasteiger partial charge in [-0.25, -0.2) is 12.7 Å². The van der Waals surface area contributed by atoms with Gasteiger partial charge in [-0.05, 0) is 32.0 Å². The van der Waals surface area contributed by atoms with Crippen molar-refractivity contribution in [3.63, 3.8) is 0 Å². The lowest BCUT2D eigenvalue weighted by Gasteiger charge is -2.15. The van der Waals surface area contributed by atoms with Crippen LogP contribution in [-0.2, 0) is 14.8 Å². The van der Waals surface area contributed by atoms with Gasteiger partial charge in [0.15, 0.2) is 0 Å². The Hall–Kier alpha value is -1.64. The monoisotopic (exact) mass is 361 g/mol. The van der Waals surface area contributed by atoms with Crippen LogP contribution < -0.4 is 10.6 Å². The first-order valence-corrected chi connectivity index (χ1v) is 8.73. The molecular weight excluding hydrogens is 342 g/mol. The lowest BCUT2D eigenvalue weighted by Crippen LogP contribution is -2.44. The lowest BCUT2D eigenvalue weighted by molar-refractivity contribution is -0.122. The van der Waals surface area contributed by atoms with Crippen molar-refractivity contribution in [2.24, 2.45) is 0 Å². The number of hydrogen-bond acceptors (Lipinski definition) is 4. The van der Waals surface area contributed by atoms with Gasteiger partial charge in [-0.1, -0.05) is 11.6 Å². The predicted molar refractivity (Wildman–Crippen MR) is 87.9 cm³/mol. The van der Waals surface area contributed by atoms with E-state index in [4.69, 9.17) is 11.6 Å². The molecule has 0 heterocycles. The van der Waals surface area contributed by atoms with Gasteiger partial charge in [-0.15, -0.1) is 0 Å². The van der Waals surface area contributed by atoms with Crippen molar-refractivity contribution >= 4 is 33.4 Å². The molecule has 0 spiro atoms. The zero-order valence-corrected chi connectivity index (χ0v) is 15.0. The third-order valence-electron chi connectivity index (χ3n) is 3.05. The van der Waals surface area contributed by atoms with Crippen LogP contribution in [0.3, 0.4) is 0 Å². The number of likely N-dealkylation sites (N-methyl/N-ethyl adjacent to an activating group) is 1. The molecule has 0 saturated carbocycles. The van der Waals surface area contributed by atoms with Gasteiger partial charge in [0, 0.05) is 20.6 Å². The van der Waals surface area contributed by atoms with E-state index < -0.39 is 22.0 Å². The second-order valence-electron chi connectivity index (χ2n) is 5.02. The number of sulfonamides is 1. The van der Waals surface area contributed by atoms with Gasteiger partial charge < -0.3 is 10.6 Å². The Balaban J connectivity index is 3.09. The molecule has 1 aromatic carbocycles. The van der Waals surface area contributed by atoms with Crippen LogP contribution in [0.25, 0.3) is 0 Å². The highest BCUT2D eigenvalue weighted by molar-refractivity contribution is 7.89. The second kappa shape index (κ2) is 7.76. The van der Waals surface area contributed by atoms with Gasteiger partial charge in [-0.2, -0.15) is 0 Å². The van der Waals surface area contributed by atoms with Crippen molar-refractivity contribution in [3.8, 4) is 0 Å². The highest BCUT2D eigenvalue weighted by Gasteiger charge is 2.22. The van der Waals surface area contributed by atoms with Crippen molar-refractivity contribution < 1.29 is 18.0 Å². The average Bonchev–Trinajstić information content (AvgIpc) is 2.47. The van der Waals surface area contributed by atoms with E-state index in [2.05, 4.69) is 10.6 Å². The summed E-state index contributed by atoms with van der Waals surface area (Å²) in [5.41, 5.74) is -0.00857. The smallest absolute Gasteiger partial charge is 0.253 e. The Bertz CT molecular complexity index is 704. The Morgan fingerprint density at radius 2 is 1.91 bits per heavy atom. The van der Waals surface area contributed by atoms with E-state index in [1.807, 2.05) is 0 Å². The number of amides is 2. The average molecular weight is 362 g/mol. The van der Waals surface area contributed by atoms with Crippen LogP contribution in [0, 0.1) is 0 Å². The van der Waals surface area contributed by atoms with Gasteiger partial charge in [0.25, 0.3) is 5.91 Å². The van der Waals surface area contributed by atoms with Crippen LogP contribution in [-0.4, -0.2) is 51.2 Å². The van der Waals surface area contributed by atoms with Crippen LogP contribution in [0.15, 0.2) is 23.1 Å². The van der Waals surface area contributed by atoms with Crippen molar-refractivity contribution in [2.75, 3.05) is 20.6 Å². The maximum absolute atomic E-state index is 12.2. The third-order valence-corrected chi connectivity index (χ3v) is 5.19. The number of hydrogen-bond donors (Lipinski definition) is 2.